The zero-order chi connectivity index (χ0) is 17.5. The molecule has 1 aliphatic heterocycles. The maximum atomic E-state index is 12.8. The Morgan fingerprint density at radius 3 is 2.67 bits per heavy atom. The lowest BCUT2D eigenvalue weighted by atomic mass is 9.94. The minimum atomic E-state index is -0.379. The zero-order valence-electron chi connectivity index (χ0n) is 15.1. The maximum absolute atomic E-state index is 12.8. The molecule has 1 atom stereocenters. The minimum absolute atomic E-state index is 0.0328. The highest BCUT2D eigenvalue weighted by Gasteiger charge is 2.36. The Bertz CT molecular complexity index is 759. The highest BCUT2D eigenvalue weighted by molar-refractivity contribution is 5.82. The zero-order valence-corrected chi connectivity index (χ0v) is 15.1. The lowest BCUT2D eigenvalue weighted by Gasteiger charge is -2.30. The van der Waals surface area contributed by atoms with E-state index in [1.807, 2.05) is 51.8 Å². The molecule has 0 bridgehead atoms. The van der Waals surface area contributed by atoms with Crippen molar-refractivity contribution in [1.82, 2.24) is 24.6 Å². The number of aryl methyl sites for hydroxylation is 2. The van der Waals surface area contributed by atoms with Crippen molar-refractivity contribution in [1.29, 1.82) is 0 Å². The van der Waals surface area contributed by atoms with Crippen LogP contribution >= 0.6 is 0 Å². The lowest BCUT2D eigenvalue weighted by molar-refractivity contribution is -0.140. The van der Waals surface area contributed by atoms with E-state index in [1.54, 1.807) is 10.9 Å². The van der Waals surface area contributed by atoms with E-state index in [0.717, 1.165) is 42.3 Å². The van der Waals surface area contributed by atoms with Crippen molar-refractivity contribution in [2.24, 2.45) is 12.5 Å². The van der Waals surface area contributed by atoms with E-state index >= 15 is 0 Å². The van der Waals surface area contributed by atoms with Crippen LogP contribution in [0.4, 0.5) is 0 Å². The number of rotatable bonds is 2. The van der Waals surface area contributed by atoms with Gasteiger partial charge in [-0.15, -0.1) is 0 Å². The fourth-order valence-corrected chi connectivity index (χ4v) is 3.27. The van der Waals surface area contributed by atoms with Gasteiger partial charge in [-0.05, 0) is 31.9 Å². The summed E-state index contributed by atoms with van der Waals surface area (Å²) in [6, 6.07) is 3.98. The molecule has 1 saturated heterocycles. The van der Waals surface area contributed by atoms with Crippen LogP contribution in [0.15, 0.2) is 18.3 Å². The summed E-state index contributed by atoms with van der Waals surface area (Å²) in [6.45, 7) is 8.60. The van der Waals surface area contributed by atoms with E-state index in [4.69, 9.17) is 0 Å². The number of amides is 1. The molecule has 1 aliphatic rings. The quantitative estimate of drug-likeness (QED) is 0.851. The number of hydrogen-bond donors (Lipinski definition) is 0. The molecule has 0 aliphatic carbocycles. The summed E-state index contributed by atoms with van der Waals surface area (Å²) in [5, 5.41) is 4.22. The summed E-state index contributed by atoms with van der Waals surface area (Å²) in [5.41, 5.74) is 2.35. The summed E-state index contributed by atoms with van der Waals surface area (Å²) in [5.74, 6) is 0.905. The molecule has 0 saturated carbocycles. The standard InChI is InChI=1S/C18H25N5O/c1-12-20-13(15-8-9-19-22(15)5)11-14(21-12)16-7-6-10-23(16)17(24)18(2,3)4/h8-9,11,16H,6-7,10H2,1-5H3/t16-/m0/s1. The Balaban J connectivity index is 1.98. The van der Waals surface area contributed by atoms with Crippen LogP contribution in [-0.4, -0.2) is 37.1 Å². The van der Waals surface area contributed by atoms with Crippen LogP contribution in [-0.2, 0) is 11.8 Å². The van der Waals surface area contributed by atoms with E-state index < -0.39 is 0 Å². The van der Waals surface area contributed by atoms with Crippen molar-refractivity contribution in [2.45, 2.75) is 46.6 Å². The van der Waals surface area contributed by atoms with Gasteiger partial charge in [-0.1, -0.05) is 20.8 Å². The summed E-state index contributed by atoms with van der Waals surface area (Å²) in [4.78, 5) is 23.9. The number of carbonyl (C=O) groups excluding carboxylic acids is 1. The molecule has 24 heavy (non-hydrogen) atoms. The van der Waals surface area contributed by atoms with Gasteiger partial charge in [-0.25, -0.2) is 9.97 Å². The van der Waals surface area contributed by atoms with Crippen LogP contribution in [0.1, 0.15) is 51.2 Å². The Morgan fingerprint density at radius 2 is 2.04 bits per heavy atom. The lowest BCUT2D eigenvalue weighted by Crippen LogP contribution is -2.39. The molecular formula is C18H25N5O. The first-order valence-electron chi connectivity index (χ1n) is 8.42. The summed E-state index contributed by atoms with van der Waals surface area (Å²) in [6.07, 6.45) is 3.72. The topological polar surface area (TPSA) is 63.9 Å². The van der Waals surface area contributed by atoms with Crippen LogP contribution in [0.3, 0.4) is 0 Å². The SMILES string of the molecule is Cc1nc(-c2ccnn2C)cc([C@@H]2CCCN2C(=O)C(C)(C)C)n1. The molecule has 0 unspecified atom stereocenters. The Hall–Kier alpha value is -2.24. The second-order valence-electron chi connectivity index (χ2n) is 7.47. The van der Waals surface area contributed by atoms with Gasteiger partial charge in [0.2, 0.25) is 5.91 Å². The number of nitrogens with zero attached hydrogens (tertiary/aromatic N) is 5. The van der Waals surface area contributed by atoms with Gasteiger partial charge in [0.15, 0.2) is 0 Å². The molecule has 3 rings (SSSR count). The smallest absolute Gasteiger partial charge is 0.228 e. The highest BCUT2D eigenvalue weighted by atomic mass is 16.2. The Morgan fingerprint density at radius 1 is 1.29 bits per heavy atom. The summed E-state index contributed by atoms with van der Waals surface area (Å²) in [7, 11) is 1.90. The third-order valence-corrected chi connectivity index (χ3v) is 4.44. The molecule has 2 aromatic rings. The van der Waals surface area contributed by atoms with E-state index in [0.29, 0.717) is 0 Å². The fraction of sp³-hybridized carbons (Fsp3) is 0.556. The molecule has 0 spiro atoms. The molecule has 2 aromatic heterocycles. The highest BCUT2D eigenvalue weighted by Crippen LogP contribution is 2.35. The van der Waals surface area contributed by atoms with E-state index in [9.17, 15) is 4.79 Å². The number of aromatic nitrogens is 4. The van der Waals surface area contributed by atoms with Crippen LogP contribution in [0.5, 0.6) is 0 Å². The Kier molecular flexibility index (Phi) is 4.15. The van der Waals surface area contributed by atoms with Crippen LogP contribution in [0.2, 0.25) is 0 Å². The molecule has 0 aromatic carbocycles. The third kappa shape index (κ3) is 3.05. The van der Waals surface area contributed by atoms with Gasteiger partial charge in [0.05, 0.1) is 23.1 Å². The van der Waals surface area contributed by atoms with Crippen molar-refractivity contribution in [3.8, 4) is 11.4 Å². The van der Waals surface area contributed by atoms with Crippen LogP contribution in [0, 0.1) is 12.3 Å². The molecule has 1 fully saturated rings. The van der Waals surface area contributed by atoms with E-state index in [1.165, 1.54) is 0 Å². The molecule has 0 N–H and O–H groups in total. The van der Waals surface area contributed by atoms with Crippen LogP contribution < -0.4 is 0 Å². The van der Waals surface area contributed by atoms with Crippen molar-refractivity contribution in [3.05, 3.63) is 29.8 Å². The third-order valence-electron chi connectivity index (χ3n) is 4.44. The molecule has 1 amide bonds. The minimum Gasteiger partial charge on any atom is -0.334 e. The van der Waals surface area contributed by atoms with Gasteiger partial charge in [0, 0.05) is 25.2 Å². The second kappa shape index (κ2) is 6.00. The van der Waals surface area contributed by atoms with Gasteiger partial charge in [-0.2, -0.15) is 5.10 Å². The van der Waals surface area contributed by atoms with Crippen molar-refractivity contribution in [3.63, 3.8) is 0 Å². The monoisotopic (exact) mass is 327 g/mol. The van der Waals surface area contributed by atoms with Crippen molar-refractivity contribution in [2.75, 3.05) is 6.54 Å². The van der Waals surface area contributed by atoms with Crippen LogP contribution in [0.25, 0.3) is 11.4 Å². The predicted octanol–water partition coefficient (Wildman–Crippen LogP) is 2.90. The number of carbonyl (C=O) groups is 1. The van der Waals surface area contributed by atoms with Gasteiger partial charge < -0.3 is 4.90 Å². The molecule has 6 nitrogen and oxygen atoms in total. The number of likely N-dealkylation sites (tertiary alicyclic amines) is 1. The molecule has 128 valence electrons. The van der Waals surface area contributed by atoms with Crippen molar-refractivity contribution >= 4 is 5.91 Å². The maximum Gasteiger partial charge on any atom is 0.228 e. The summed E-state index contributed by atoms with van der Waals surface area (Å²) >= 11 is 0. The molecule has 0 radical (unpaired) electrons. The van der Waals surface area contributed by atoms with E-state index in [2.05, 4.69) is 15.1 Å². The van der Waals surface area contributed by atoms with Crippen molar-refractivity contribution < 1.29 is 4.79 Å². The fourth-order valence-electron chi connectivity index (χ4n) is 3.27. The normalized spacial score (nSPS) is 18.2. The first-order valence-corrected chi connectivity index (χ1v) is 8.42. The summed E-state index contributed by atoms with van der Waals surface area (Å²) < 4.78 is 1.80. The molecule has 6 heteroatoms. The molecule has 3 heterocycles. The van der Waals surface area contributed by atoms with Gasteiger partial charge >= 0.3 is 0 Å². The second-order valence-corrected chi connectivity index (χ2v) is 7.47. The van der Waals surface area contributed by atoms with Gasteiger partial charge in [-0.3, -0.25) is 9.48 Å². The van der Waals surface area contributed by atoms with E-state index in [-0.39, 0.29) is 17.4 Å². The first kappa shape index (κ1) is 16.6. The first-order chi connectivity index (χ1) is 11.3. The van der Waals surface area contributed by atoms with Gasteiger partial charge in [0.1, 0.15) is 5.82 Å². The average Bonchev–Trinajstić information content (AvgIpc) is 3.13. The largest absolute Gasteiger partial charge is 0.334 e. The average molecular weight is 327 g/mol. The molecular weight excluding hydrogens is 302 g/mol. The number of hydrogen-bond acceptors (Lipinski definition) is 4. The predicted molar refractivity (Wildman–Crippen MR) is 92.1 cm³/mol. The Labute approximate surface area is 142 Å². The van der Waals surface area contributed by atoms with Gasteiger partial charge in [0.25, 0.3) is 0 Å².